The molecule has 1 fully saturated rings. The van der Waals surface area contributed by atoms with Gasteiger partial charge in [-0.3, -0.25) is 4.79 Å². The van der Waals surface area contributed by atoms with Crippen molar-refractivity contribution < 1.29 is 14.6 Å². The molecule has 1 aliphatic heterocycles. The minimum atomic E-state index is 0.139. The lowest BCUT2D eigenvalue weighted by Gasteiger charge is -2.22. The van der Waals surface area contributed by atoms with Crippen LogP contribution in [-0.4, -0.2) is 42.7 Å². The minimum absolute atomic E-state index is 0.139. The normalized spacial score (nSPS) is 13.2. The average Bonchev–Trinajstić information content (AvgIpc) is 2.71. The van der Waals surface area contributed by atoms with Gasteiger partial charge < -0.3 is 14.7 Å². The SMILES string of the molecule is CC.CC.CC(=O)N1CCCCCCC1.COCC(C)(C)C.Cc1ccc(CO)cc1. The smallest absolute Gasteiger partial charge is 0.219 e. The molecule has 2 rings (SSSR count). The second-order valence-electron chi connectivity index (χ2n) is 8.41. The fourth-order valence-electron chi connectivity index (χ4n) is 2.69. The van der Waals surface area contributed by atoms with E-state index in [4.69, 9.17) is 9.84 Å². The van der Waals surface area contributed by atoms with Crippen molar-refractivity contribution in [2.75, 3.05) is 26.8 Å². The number of hydrogen-bond donors (Lipinski definition) is 1. The first-order valence-corrected chi connectivity index (χ1v) is 12.1. The van der Waals surface area contributed by atoms with Crippen molar-refractivity contribution in [1.29, 1.82) is 0 Å². The molecule has 1 aromatic rings. The maximum atomic E-state index is 11.0. The Morgan fingerprint density at radius 2 is 1.35 bits per heavy atom. The van der Waals surface area contributed by atoms with Crippen molar-refractivity contribution in [3.63, 3.8) is 0 Å². The van der Waals surface area contributed by atoms with Crippen LogP contribution in [0.25, 0.3) is 0 Å². The van der Waals surface area contributed by atoms with Crippen molar-refractivity contribution in [2.24, 2.45) is 5.41 Å². The number of rotatable bonds is 2. The van der Waals surface area contributed by atoms with E-state index in [1.165, 1.54) is 37.7 Å². The lowest BCUT2D eigenvalue weighted by Crippen LogP contribution is -2.31. The molecule has 1 heterocycles. The van der Waals surface area contributed by atoms with Gasteiger partial charge in [0.05, 0.1) is 13.2 Å². The van der Waals surface area contributed by atoms with E-state index in [0.29, 0.717) is 5.41 Å². The van der Waals surface area contributed by atoms with E-state index in [9.17, 15) is 4.79 Å². The fourth-order valence-corrected chi connectivity index (χ4v) is 2.69. The highest BCUT2D eigenvalue weighted by Crippen LogP contribution is 2.11. The third-order valence-corrected chi connectivity index (χ3v) is 4.18. The summed E-state index contributed by atoms with van der Waals surface area (Å²) in [6.07, 6.45) is 6.33. The zero-order chi connectivity index (χ0) is 24.7. The Bertz CT molecular complexity index is 484. The summed E-state index contributed by atoms with van der Waals surface area (Å²) >= 11 is 0. The molecular formula is C27H53NO3. The molecule has 0 saturated carbocycles. The number of ether oxygens (including phenoxy) is 1. The first-order valence-electron chi connectivity index (χ1n) is 12.1. The molecule has 0 bridgehead atoms. The van der Waals surface area contributed by atoms with Gasteiger partial charge in [-0.25, -0.2) is 0 Å². The Morgan fingerprint density at radius 3 is 1.65 bits per heavy atom. The van der Waals surface area contributed by atoms with Crippen LogP contribution in [-0.2, 0) is 16.1 Å². The van der Waals surface area contributed by atoms with Gasteiger partial charge in [0.1, 0.15) is 0 Å². The molecular weight excluding hydrogens is 386 g/mol. The van der Waals surface area contributed by atoms with E-state index in [1.54, 1.807) is 14.0 Å². The third kappa shape index (κ3) is 24.7. The Hall–Kier alpha value is -1.39. The monoisotopic (exact) mass is 439 g/mol. The second kappa shape index (κ2) is 23.3. The molecule has 0 aliphatic carbocycles. The predicted octanol–water partition coefficient (Wildman–Crippen LogP) is 7.02. The van der Waals surface area contributed by atoms with Crippen LogP contribution < -0.4 is 0 Å². The number of hydrogen-bond acceptors (Lipinski definition) is 3. The fraction of sp³-hybridized carbons (Fsp3) is 0.741. The van der Waals surface area contributed by atoms with Gasteiger partial charge in [-0.2, -0.15) is 0 Å². The number of nitrogens with zero attached hydrogens (tertiary/aromatic N) is 1. The van der Waals surface area contributed by atoms with Crippen LogP contribution in [0.15, 0.2) is 24.3 Å². The lowest BCUT2D eigenvalue weighted by atomic mass is 9.99. The largest absolute Gasteiger partial charge is 0.392 e. The van der Waals surface area contributed by atoms with Crippen LogP contribution in [0.1, 0.15) is 98.6 Å². The van der Waals surface area contributed by atoms with Crippen molar-refractivity contribution in [2.45, 2.75) is 101 Å². The van der Waals surface area contributed by atoms with Crippen LogP contribution in [0.5, 0.6) is 0 Å². The third-order valence-electron chi connectivity index (χ3n) is 4.18. The van der Waals surface area contributed by atoms with E-state index in [-0.39, 0.29) is 12.5 Å². The number of carbonyl (C=O) groups excluding carboxylic acids is 1. The Morgan fingerprint density at radius 1 is 0.935 bits per heavy atom. The summed E-state index contributed by atoms with van der Waals surface area (Å²) in [5.41, 5.74) is 2.53. The van der Waals surface area contributed by atoms with Crippen LogP contribution in [0.2, 0.25) is 0 Å². The highest BCUT2D eigenvalue weighted by molar-refractivity contribution is 5.73. The maximum absolute atomic E-state index is 11.0. The van der Waals surface area contributed by atoms with E-state index in [1.807, 2.05) is 63.8 Å². The molecule has 0 radical (unpaired) electrons. The van der Waals surface area contributed by atoms with Gasteiger partial charge in [0.15, 0.2) is 0 Å². The molecule has 1 aliphatic rings. The predicted molar refractivity (Wildman–Crippen MR) is 136 cm³/mol. The number of amides is 1. The van der Waals surface area contributed by atoms with Crippen LogP contribution >= 0.6 is 0 Å². The molecule has 184 valence electrons. The molecule has 0 atom stereocenters. The van der Waals surface area contributed by atoms with Gasteiger partial charge >= 0.3 is 0 Å². The topological polar surface area (TPSA) is 49.8 Å². The van der Waals surface area contributed by atoms with Crippen LogP contribution in [0.4, 0.5) is 0 Å². The van der Waals surface area contributed by atoms with E-state index < -0.39 is 0 Å². The Balaban J connectivity index is -0.000000358. The standard InChI is InChI=1S/C9H17NO.C8H10O.C6H14O.2C2H6/c1-9(11)10-7-5-3-2-4-6-8-10;1-7-2-4-8(6-9)5-3-7;1-6(2,3)5-7-4;2*1-2/h2-8H2,1H3;2-5,9H,6H2,1H3;5H2,1-4H3;2*1-2H3. The van der Waals surface area contributed by atoms with Crippen molar-refractivity contribution >= 4 is 5.91 Å². The summed E-state index contributed by atoms with van der Waals surface area (Å²) in [5.74, 6) is 0.243. The summed E-state index contributed by atoms with van der Waals surface area (Å²) in [6, 6.07) is 7.84. The van der Waals surface area contributed by atoms with Gasteiger partial charge in [-0.15, -0.1) is 0 Å². The molecule has 0 aromatic heterocycles. The molecule has 0 unspecified atom stereocenters. The summed E-state index contributed by atoms with van der Waals surface area (Å²) in [6.45, 7) is 21.1. The molecule has 31 heavy (non-hydrogen) atoms. The molecule has 4 nitrogen and oxygen atoms in total. The number of methoxy groups -OCH3 is 1. The van der Waals surface area contributed by atoms with Crippen molar-refractivity contribution in [3.8, 4) is 0 Å². The molecule has 1 aromatic carbocycles. The maximum Gasteiger partial charge on any atom is 0.219 e. The molecule has 1 amide bonds. The number of likely N-dealkylation sites (tertiary alicyclic amines) is 1. The van der Waals surface area contributed by atoms with Crippen molar-refractivity contribution in [3.05, 3.63) is 35.4 Å². The van der Waals surface area contributed by atoms with Gasteiger partial charge in [-0.05, 0) is 30.7 Å². The number of carbonyl (C=O) groups is 1. The van der Waals surface area contributed by atoms with Gasteiger partial charge in [0.25, 0.3) is 0 Å². The van der Waals surface area contributed by atoms with E-state index in [0.717, 1.165) is 25.3 Å². The molecule has 1 N–H and O–H groups in total. The van der Waals surface area contributed by atoms with Crippen LogP contribution in [0, 0.1) is 12.3 Å². The second-order valence-corrected chi connectivity index (χ2v) is 8.41. The highest BCUT2D eigenvalue weighted by Gasteiger charge is 2.09. The first kappa shape index (κ1) is 34.2. The van der Waals surface area contributed by atoms with Gasteiger partial charge in [-0.1, -0.05) is 97.6 Å². The zero-order valence-electron chi connectivity index (χ0n) is 22.4. The number of benzene rings is 1. The zero-order valence-corrected chi connectivity index (χ0v) is 22.4. The van der Waals surface area contributed by atoms with E-state index in [2.05, 4.69) is 20.8 Å². The highest BCUT2D eigenvalue weighted by atomic mass is 16.5. The summed E-state index contributed by atoms with van der Waals surface area (Å²) < 4.78 is 4.91. The van der Waals surface area contributed by atoms with Crippen LogP contribution in [0.3, 0.4) is 0 Å². The van der Waals surface area contributed by atoms with Crippen molar-refractivity contribution in [1.82, 2.24) is 4.90 Å². The average molecular weight is 440 g/mol. The van der Waals surface area contributed by atoms with Gasteiger partial charge in [0, 0.05) is 27.1 Å². The quantitative estimate of drug-likeness (QED) is 0.539. The first-order chi connectivity index (χ1) is 14.7. The van der Waals surface area contributed by atoms with Gasteiger partial charge in [0.2, 0.25) is 5.91 Å². The van der Waals surface area contributed by atoms with E-state index >= 15 is 0 Å². The Kier molecular flexibility index (Phi) is 25.7. The molecule has 1 saturated heterocycles. The number of aryl methyl sites for hydroxylation is 1. The number of aliphatic hydroxyl groups is 1. The summed E-state index contributed by atoms with van der Waals surface area (Å²) in [7, 11) is 1.73. The Labute approximate surface area is 194 Å². The molecule has 0 spiro atoms. The number of aliphatic hydroxyl groups excluding tert-OH is 1. The minimum Gasteiger partial charge on any atom is -0.392 e. The molecule has 4 heteroatoms. The summed E-state index contributed by atoms with van der Waals surface area (Å²) in [4.78, 5) is 13.0. The lowest BCUT2D eigenvalue weighted by molar-refractivity contribution is -0.129. The summed E-state index contributed by atoms with van der Waals surface area (Å²) in [5, 5.41) is 8.63.